The van der Waals surface area contributed by atoms with Gasteiger partial charge in [0.1, 0.15) is 5.75 Å². The monoisotopic (exact) mass is 509 g/mol. The lowest BCUT2D eigenvalue weighted by Gasteiger charge is -2.22. The number of guanidine groups is 1. The number of amides is 2. The van der Waals surface area contributed by atoms with E-state index in [1.807, 2.05) is 34.1 Å². The maximum Gasteiger partial charge on any atom is 0.370 e. The Morgan fingerprint density at radius 2 is 1.88 bits per heavy atom. The van der Waals surface area contributed by atoms with Crippen molar-refractivity contribution in [2.24, 2.45) is 4.99 Å². The highest BCUT2D eigenvalue weighted by molar-refractivity contribution is 6.00. The van der Waals surface area contributed by atoms with Crippen LogP contribution in [0.5, 0.6) is 5.75 Å². The quantitative estimate of drug-likeness (QED) is 0.281. The van der Waals surface area contributed by atoms with Gasteiger partial charge in [-0.1, -0.05) is 12.1 Å². The van der Waals surface area contributed by atoms with E-state index in [4.69, 9.17) is 9.47 Å². The van der Waals surface area contributed by atoms with Crippen molar-refractivity contribution < 1.29 is 46.2 Å². The van der Waals surface area contributed by atoms with Gasteiger partial charge in [-0.05, 0) is 30.5 Å². The molecular formula is C21H28BrN5O5. The molecule has 0 radical (unpaired) electrons. The molecule has 0 aromatic heterocycles. The lowest BCUT2D eigenvalue weighted by molar-refractivity contribution is -0.454. The average Bonchev–Trinajstić information content (AvgIpc) is 3.05. The molecule has 2 heterocycles. The summed E-state index contributed by atoms with van der Waals surface area (Å²) in [7, 11) is 1.62. The van der Waals surface area contributed by atoms with E-state index >= 15 is 0 Å². The van der Waals surface area contributed by atoms with Crippen LogP contribution in [0.3, 0.4) is 0 Å². The zero-order chi connectivity index (χ0) is 22.4. The number of carbonyl (C=O) groups excluding carboxylic acids is 3. The Balaban J connectivity index is 0.00000363. The fourth-order valence-electron chi connectivity index (χ4n) is 3.49. The molecule has 1 aromatic carbocycles. The summed E-state index contributed by atoms with van der Waals surface area (Å²) in [5, 5.41) is 3.95. The fourth-order valence-corrected chi connectivity index (χ4v) is 3.49. The van der Waals surface area contributed by atoms with Crippen LogP contribution >= 0.6 is 0 Å². The SMILES string of the molecule is COc1ccc(CN2CN(CCCCOC(C)=O)C3=C2C(=O)[NH2+]C(NC(C)=O)=N3)cc1.[Br-]. The first-order valence-electron chi connectivity index (χ1n) is 10.1. The largest absolute Gasteiger partial charge is 1.00 e. The predicted octanol–water partition coefficient (Wildman–Crippen LogP) is -3.12. The van der Waals surface area contributed by atoms with Crippen LogP contribution in [0.25, 0.3) is 0 Å². The smallest absolute Gasteiger partial charge is 0.370 e. The molecule has 174 valence electrons. The maximum atomic E-state index is 12.9. The lowest BCUT2D eigenvalue weighted by atomic mass is 10.2. The number of benzene rings is 1. The zero-order valence-corrected chi connectivity index (χ0v) is 20.0. The second kappa shape index (κ2) is 11.6. The molecule has 1 aromatic rings. The number of methoxy groups -OCH3 is 1. The van der Waals surface area contributed by atoms with Crippen LogP contribution in [-0.4, -0.2) is 60.5 Å². The Labute approximate surface area is 197 Å². The first kappa shape index (κ1) is 25.3. The van der Waals surface area contributed by atoms with Gasteiger partial charge in [-0.2, -0.15) is 4.99 Å². The molecule has 11 heteroatoms. The van der Waals surface area contributed by atoms with E-state index in [0.717, 1.165) is 17.7 Å². The van der Waals surface area contributed by atoms with Gasteiger partial charge in [0.05, 0.1) is 20.4 Å². The number of quaternary nitrogens is 1. The van der Waals surface area contributed by atoms with Crippen molar-refractivity contribution in [1.29, 1.82) is 0 Å². The molecule has 0 saturated heterocycles. The number of nitrogens with two attached hydrogens (primary N) is 1. The summed E-state index contributed by atoms with van der Waals surface area (Å²) in [6, 6.07) is 7.69. The molecular weight excluding hydrogens is 482 g/mol. The topological polar surface area (TPSA) is 117 Å². The van der Waals surface area contributed by atoms with Crippen LogP contribution in [0.4, 0.5) is 0 Å². The highest BCUT2D eigenvalue weighted by Gasteiger charge is 2.40. The third kappa shape index (κ3) is 6.54. The van der Waals surface area contributed by atoms with Crippen molar-refractivity contribution >= 4 is 23.7 Å². The van der Waals surface area contributed by atoms with Gasteiger partial charge in [-0.25, -0.2) is 10.1 Å². The van der Waals surface area contributed by atoms with E-state index in [-0.39, 0.29) is 40.7 Å². The van der Waals surface area contributed by atoms with Crippen LogP contribution in [0, 0.1) is 0 Å². The summed E-state index contributed by atoms with van der Waals surface area (Å²) in [6.45, 7) is 4.80. The molecule has 2 aliphatic rings. The van der Waals surface area contributed by atoms with Gasteiger partial charge >= 0.3 is 17.8 Å². The second-order valence-electron chi connectivity index (χ2n) is 7.36. The van der Waals surface area contributed by atoms with Crippen LogP contribution in [-0.2, 0) is 25.7 Å². The number of carbonyl (C=O) groups is 3. The Morgan fingerprint density at radius 3 is 2.50 bits per heavy atom. The number of hydrogen-bond acceptors (Lipinski definition) is 8. The molecule has 0 fully saturated rings. The van der Waals surface area contributed by atoms with Crippen molar-refractivity contribution in [3.63, 3.8) is 0 Å². The van der Waals surface area contributed by atoms with E-state index < -0.39 is 0 Å². The minimum absolute atomic E-state index is 0. The third-order valence-corrected chi connectivity index (χ3v) is 4.86. The summed E-state index contributed by atoms with van der Waals surface area (Å²) in [5.41, 5.74) is 1.55. The van der Waals surface area contributed by atoms with Crippen molar-refractivity contribution in [3.05, 3.63) is 41.3 Å². The number of primary amides is 1. The standard InChI is InChI=1S/C21H27N5O5.BrH/c1-14(27)22-21-23-19-18(20(29)24-21)26(12-16-6-8-17(30-3)9-7-16)13-25(19)10-4-5-11-31-15(2)28;/h6-9H,4-5,10-13H2,1-3H3,(H2,22,23,24,27,29);1H. The Kier molecular flexibility index (Phi) is 9.21. The second-order valence-corrected chi connectivity index (χ2v) is 7.36. The van der Waals surface area contributed by atoms with Gasteiger partial charge in [0, 0.05) is 26.9 Å². The number of ether oxygens (including phenoxy) is 2. The number of esters is 1. The van der Waals surface area contributed by atoms with Crippen molar-refractivity contribution in [2.45, 2.75) is 33.2 Å². The van der Waals surface area contributed by atoms with Crippen molar-refractivity contribution in [3.8, 4) is 5.75 Å². The van der Waals surface area contributed by atoms with E-state index in [1.54, 1.807) is 7.11 Å². The third-order valence-electron chi connectivity index (χ3n) is 4.86. The van der Waals surface area contributed by atoms with Crippen LogP contribution in [0.2, 0.25) is 0 Å². The van der Waals surface area contributed by atoms with Gasteiger partial charge in [0.2, 0.25) is 5.91 Å². The number of halogens is 1. The number of nitrogens with one attached hydrogen (secondary N) is 1. The first-order valence-corrected chi connectivity index (χ1v) is 10.1. The van der Waals surface area contributed by atoms with Gasteiger partial charge in [0.25, 0.3) is 0 Å². The molecule has 3 rings (SSSR count). The van der Waals surface area contributed by atoms with Gasteiger partial charge in [-0.15, -0.1) is 0 Å². The summed E-state index contributed by atoms with van der Waals surface area (Å²) < 4.78 is 10.2. The van der Waals surface area contributed by atoms with Crippen LogP contribution in [0.1, 0.15) is 32.3 Å². The van der Waals surface area contributed by atoms with E-state index in [1.165, 1.54) is 19.2 Å². The lowest BCUT2D eigenvalue weighted by Crippen LogP contribution is -3.00. The first-order chi connectivity index (χ1) is 14.9. The summed E-state index contributed by atoms with van der Waals surface area (Å²) in [4.78, 5) is 43.8. The van der Waals surface area contributed by atoms with E-state index in [2.05, 4.69) is 10.3 Å². The summed E-state index contributed by atoms with van der Waals surface area (Å²) >= 11 is 0. The van der Waals surface area contributed by atoms with E-state index in [9.17, 15) is 14.4 Å². The highest BCUT2D eigenvalue weighted by Crippen LogP contribution is 2.28. The van der Waals surface area contributed by atoms with Crippen LogP contribution < -0.4 is 32.4 Å². The number of nitrogens with zero attached hydrogens (tertiary/aromatic N) is 3. The molecule has 10 nitrogen and oxygen atoms in total. The maximum absolute atomic E-state index is 12.9. The summed E-state index contributed by atoms with van der Waals surface area (Å²) in [6.07, 6.45) is 1.48. The number of hydrogen-bond donors (Lipinski definition) is 2. The highest BCUT2D eigenvalue weighted by atomic mass is 79.9. The fraction of sp³-hybridized carbons (Fsp3) is 0.429. The molecule has 0 unspecified atom stereocenters. The molecule has 0 spiro atoms. The molecule has 0 aliphatic carbocycles. The molecule has 2 amide bonds. The van der Waals surface area contributed by atoms with Gasteiger partial charge in [0.15, 0.2) is 11.5 Å². The van der Waals surface area contributed by atoms with Crippen LogP contribution in [0.15, 0.2) is 40.8 Å². The number of unbranched alkanes of at least 4 members (excludes halogenated alkanes) is 1. The molecule has 0 atom stereocenters. The average molecular weight is 510 g/mol. The minimum atomic E-state index is -0.296. The van der Waals surface area contributed by atoms with E-state index in [0.29, 0.717) is 44.3 Å². The Bertz CT molecular complexity index is 916. The molecule has 2 aliphatic heterocycles. The molecule has 0 saturated carbocycles. The number of aliphatic imine (C=N–C) groups is 1. The zero-order valence-electron chi connectivity index (χ0n) is 18.4. The Hall–Kier alpha value is -2.92. The number of rotatable bonds is 8. The Morgan fingerprint density at radius 1 is 1.16 bits per heavy atom. The van der Waals surface area contributed by atoms with Gasteiger partial charge < -0.3 is 36.3 Å². The molecule has 32 heavy (non-hydrogen) atoms. The molecule has 3 N–H and O–H groups in total. The van der Waals surface area contributed by atoms with Gasteiger partial charge in [-0.3, -0.25) is 14.9 Å². The summed E-state index contributed by atoms with van der Waals surface area (Å²) in [5.74, 6) is 0.795. The van der Waals surface area contributed by atoms with Crippen molar-refractivity contribution in [1.82, 2.24) is 15.1 Å². The normalized spacial score (nSPS) is 15.1. The molecule has 0 bridgehead atoms. The predicted molar refractivity (Wildman–Crippen MR) is 111 cm³/mol. The van der Waals surface area contributed by atoms with Crippen molar-refractivity contribution in [2.75, 3.05) is 26.9 Å². The minimum Gasteiger partial charge on any atom is -1.00 e.